The largest absolute Gasteiger partial charge is 0.373 e. The molecule has 2 fully saturated rings. The molecular weight excluding hydrogens is 198 g/mol. The Morgan fingerprint density at radius 2 is 1.56 bits per heavy atom. The predicted molar refractivity (Wildman–Crippen MR) is 67.6 cm³/mol. The maximum Gasteiger partial charge on any atom is 0.0602 e. The minimum atomic E-state index is 0.0305. The Balaban J connectivity index is 1.70. The quantitative estimate of drug-likeness (QED) is 0.716. The van der Waals surface area contributed by atoms with Crippen molar-refractivity contribution in [3.05, 3.63) is 0 Å². The van der Waals surface area contributed by atoms with Gasteiger partial charge in [0, 0.05) is 19.1 Å². The van der Waals surface area contributed by atoms with Crippen LogP contribution in [0.15, 0.2) is 0 Å². The van der Waals surface area contributed by atoms with Crippen LogP contribution in [0.3, 0.4) is 0 Å². The van der Waals surface area contributed by atoms with Gasteiger partial charge in [-0.25, -0.2) is 0 Å². The summed E-state index contributed by atoms with van der Waals surface area (Å²) in [6.45, 7) is 11.5. The van der Waals surface area contributed by atoms with E-state index in [0.29, 0.717) is 6.10 Å². The van der Waals surface area contributed by atoms with Crippen LogP contribution in [0.25, 0.3) is 0 Å². The molecule has 1 saturated carbocycles. The zero-order valence-corrected chi connectivity index (χ0v) is 11.3. The summed E-state index contributed by atoms with van der Waals surface area (Å²) in [6.07, 6.45) is 5.70. The van der Waals surface area contributed by atoms with Crippen molar-refractivity contribution in [2.75, 3.05) is 13.1 Å². The first-order chi connectivity index (χ1) is 7.44. The van der Waals surface area contributed by atoms with Crippen molar-refractivity contribution in [3.8, 4) is 0 Å². The molecule has 0 aromatic heterocycles. The molecule has 1 aliphatic carbocycles. The molecule has 0 atom stereocenters. The van der Waals surface area contributed by atoms with E-state index >= 15 is 0 Å². The number of rotatable bonds is 2. The third kappa shape index (κ3) is 3.21. The first-order valence-corrected chi connectivity index (χ1v) is 6.86. The van der Waals surface area contributed by atoms with Gasteiger partial charge in [0.15, 0.2) is 0 Å². The molecule has 0 amide bonds. The minimum absolute atomic E-state index is 0.0305. The van der Waals surface area contributed by atoms with E-state index in [1.165, 1.54) is 38.8 Å². The molecular formula is C14H27NO. The topological polar surface area (TPSA) is 12.5 Å². The molecule has 16 heavy (non-hydrogen) atoms. The molecule has 0 unspecified atom stereocenters. The fraction of sp³-hybridized carbons (Fsp3) is 1.00. The highest BCUT2D eigenvalue weighted by Gasteiger charge is 2.33. The van der Waals surface area contributed by atoms with Crippen LogP contribution in [0.5, 0.6) is 0 Å². The van der Waals surface area contributed by atoms with Crippen molar-refractivity contribution in [2.24, 2.45) is 5.92 Å². The molecule has 2 heteroatoms. The van der Waals surface area contributed by atoms with Gasteiger partial charge in [-0.15, -0.1) is 0 Å². The zero-order valence-electron chi connectivity index (χ0n) is 11.3. The van der Waals surface area contributed by atoms with Gasteiger partial charge < -0.3 is 4.74 Å². The summed E-state index contributed by atoms with van der Waals surface area (Å²) in [4.78, 5) is 2.66. The second kappa shape index (κ2) is 4.66. The molecule has 2 nitrogen and oxygen atoms in total. The number of hydrogen-bond acceptors (Lipinski definition) is 2. The lowest BCUT2D eigenvalue weighted by atomic mass is 9.88. The fourth-order valence-corrected chi connectivity index (χ4v) is 3.07. The molecule has 0 bridgehead atoms. The van der Waals surface area contributed by atoms with Crippen LogP contribution in [0.2, 0.25) is 0 Å². The van der Waals surface area contributed by atoms with Crippen LogP contribution in [-0.4, -0.2) is 35.7 Å². The normalized spacial score (nSPS) is 33.8. The Hall–Kier alpha value is -0.0800. The molecule has 0 N–H and O–H groups in total. The molecule has 0 spiro atoms. The monoisotopic (exact) mass is 225 g/mol. The van der Waals surface area contributed by atoms with E-state index in [2.05, 4.69) is 32.6 Å². The van der Waals surface area contributed by atoms with Crippen molar-refractivity contribution in [2.45, 2.75) is 71.1 Å². The smallest absolute Gasteiger partial charge is 0.0602 e. The number of hydrogen-bond donors (Lipinski definition) is 0. The minimum Gasteiger partial charge on any atom is -0.373 e. The Morgan fingerprint density at radius 1 is 1.00 bits per heavy atom. The lowest BCUT2D eigenvalue weighted by Crippen LogP contribution is -2.52. The summed E-state index contributed by atoms with van der Waals surface area (Å²) in [6, 6.07) is 0.857. The first kappa shape index (κ1) is 12.4. The van der Waals surface area contributed by atoms with E-state index in [1.54, 1.807) is 0 Å². The van der Waals surface area contributed by atoms with E-state index in [0.717, 1.165) is 12.0 Å². The van der Waals surface area contributed by atoms with Crippen molar-refractivity contribution < 1.29 is 4.74 Å². The van der Waals surface area contributed by atoms with Gasteiger partial charge in [0.1, 0.15) is 0 Å². The van der Waals surface area contributed by atoms with Gasteiger partial charge in [0.05, 0.1) is 11.7 Å². The maximum atomic E-state index is 6.06. The van der Waals surface area contributed by atoms with Gasteiger partial charge in [0.2, 0.25) is 0 Å². The highest BCUT2D eigenvalue weighted by atomic mass is 16.5. The van der Waals surface area contributed by atoms with Crippen LogP contribution < -0.4 is 0 Å². The van der Waals surface area contributed by atoms with Crippen LogP contribution in [0, 0.1) is 5.92 Å². The average Bonchev–Trinajstić information content (AvgIpc) is 2.12. The van der Waals surface area contributed by atoms with Crippen molar-refractivity contribution in [3.63, 3.8) is 0 Å². The predicted octanol–water partition coefficient (Wildman–Crippen LogP) is 3.06. The van der Waals surface area contributed by atoms with E-state index in [-0.39, 0.29) is 5.60 Å². The van der Waals surface area contributed by atoms with Crippen molar-refractivity contribution in [1.29, 1.82) is 0 Å². The molecule has 0 aromatic rings. The van der Waals surface area contributed by atoms with E-state index < -0.39 is 0 Å². The Kier molecular flexibility index (Phi) is 3.60. The van der Waals surface area contributed by atoms with Crippen LogP contribution in [-0.2, 0) is 4.74 Å². The highest BCUT2D eigenvalue weighted by molar-refractivity contribution is 4.87. The summed E-state index contributed by atoms with van der Waals surface area (Å²) in [7, 11) is 0. The Labute approximate surface area is 100 Å². The lowest BCUT2D eigenvalue weighted by molar-refractivity contribution is -0.0864. The summed E-state index contributed by atoms with van der Waals surface area (Å²) in [5.74, 6) is 0.934. The Bertz CT molecular complexity index is 219. The van der Waals surface area contributed by atoms with Crippen LogP contribution >= 0.6 is 0 Å². The number of ether oxygens (including phenoxy) is 1. The molecule has 1 aliphatic heterocycles. The maximum absolute atomic E-state index is 6.06. The van der Waals surface area contributed by atoms with Gasteiger partial charge in [0.25, 0.3) is 0 Å². The van der Waals surface area contributed by atoms with E-state index in [1.807, 2.05) is 0 Å². The average molecular weight is 225 g/mol. The van der Waals surface area contributed by atoms with Gasteiger partial charge in [-0.1, -0.05) is 6.92 Å². The molecule has 2 rings (SSSR count). The SMILES string of the molecule is CC1CN(C2CCC(OC(C)(C)C)CC2)C1. The number of likely N-dealkylation sites (tertiary alicyclic amines) is 1. The molecule has 1 saturated heterocycles. The van der Waals surface area contributed by atoms with E-state index in [9.17, 15) is 0 Å². The third-order valence-corrected chi connectivity index (χ3v) is 3.77. The standard InChI is InChI=1S/C14H27NO/c1-11-9-15(10-11)12-5-7-13(8-6-12)16-14(2,3)4/h11-13H,5-10H2,1-4H3. The molecule has 94 valence electrons. The summed E-state index contributed by atoms with van der Waals surface area (Å²) in [5, 5.41) is 0. The molecule has 0 radical (unpaired) electrons. The van der Waals surface area contributed by atoms with Crippen LogP contribution in [0.1, 0.15) is 53.4 Å². The molecule has 2 aliphatic rings. The van der Waals surface area contributed by atoms with Gasteiger partial charge >= 0.3 is 0 Å². The molecule has 1 heterocycles. The Morgan fingerprint density at radius 3 is 2.00 bits per heavy atom. The van der Waals surface area contributed by atoms with Crippen molar-refractivity contribution >= 4 is 0 Å². The van der Waals surface area contributed by atoms with Gasteiger partial charge in [-0.3, -0.25) is 4.90 Å². The number of nitrogens with zero attached hydrogens (tertiary/aromatic N) is 1. The van der Waals surface area contributed by atoms with Gasteiger partial charge in [-0.05, 0) is 52.4 Å². The molecule has 0 aromatic carbocycles. The second-order valence-corrected chi connectivity index (χ2v) is 6.72. The van der Waals surface area contributed by atoms with Crippen molar-refractivity contribution in [1.82, 2.24) is 4.90 Å². The van der Waals surface area contributed by atoms with Gasteiger partial charge in [-0.2, -0.15) is 0 Å². The summed E-state index contributed by atoms with van der Waals surface area (Å²) < 4.78 is 6.06. The summed E-state index contributed by atoms with van der Waals surface area (Å²) in [5.41, 5.74) is 0.0305. The fourth-order valence-electron chi connectivity index (χ4n) is 3.07. The lowest BCUT2D eigenvalue weighted by Gasteiger charge is -2.46. The highest BCUT2D eigenvalue weighted by Crippen LogP contribution is 2.31. The second-order valence-electron chi connectivity index (χ2n) is 6.72. The summed E-state index contributed by atoms with van der Waals surface area (Å²) >= 11 is 0. The third-order valence-electron chi connectivity index (χ3n) is 3.77. The van der Waals surface area contributed by atoms with E-state index in [4.69, 9.17) is 4.74 Å². The first-order valence-electron chi connectivity index (χ1n) is 6.86. The van der Waals surface area contributed by atoms with Crippen LogP contribution in [0.4, 0.5) is 0 Å². The zero-order chi connectivity index (χ0) is 11.8.